The summed E-state index contributed by atoms with van der Waals surface area (Å²) in [6, 6.07) is 9.70. The Morgan fingerprint density at radius 2 is 1.79 bits per heavy atom. The number of fused-ring (bicyclic) bond motifs is 1. The smallest absolute Gasteiger partial charge is 0.336 e. The molecule has 1 heterocycles. The molecule has 0 aliphatic heterocycles. The van der Waals surface area contributed by atoms with Gasteiger partial charge in [0, 0.05) is 6.54 Å². The molecule has 3 aromatic rings. The Balaban J connectivity index is 2.24. The van der Waals surface area contributed by atoms with Crippen molar-refractivity contribution in [3.8, 4) is 5.69 Å². The first-order valence-corrected chi connectivity index (χ1v) is 9.93. The highest BCUT2D eigenvalue weighted by molar-refractivity contribution is 6.42. The number of nitrogens with one attached hydrogen (secondary N) is 1. The van der Waals surface area contributed by atoms with Gasteiger partial charge in [0.05, 0.1) is 26.6 Å². The molecule has 0 radical (unpaired) electrons. The first kappa shape index (κ1) is 21.1. The highest BCUT2D eigenvalue weighted by Crippen LogP contribution is 2.23. The van der Waals surface area contributed by atoms with Gasteiger partial charge >= 0.3 is 5.69 Å². The van der Waals surface area contributed by atoms with Crippen LogP contribution in [-0.2, 0) is 11.3 Å². The quantitative estimate of drug-likeness (QED) is 0.668. The Morgan fingerprint density at radius 1 is 1.07 bits per heavy atom. The van der Waals surface area contributed by atoms with Crippen molar-refractivity contribution < 1.29 is 4.79 Å². The number of benzene rings is 2. The van der Waals surface area contributed by atoms with E-state index >= 15 is 0 Å². The van der Waals surface area contributed by atoms with E-state index in [0.717, 1.165) is 10.1 Å². The molecule has 0 atom stereocenters. The summed E-state index contributed by atoms with van der Waals surface area (Å²) in [4.78, 5) is 38.8. The number of hydrogen-bond acceptors (Lipinski definition) is 3. The minimum absolute atomic E-state index is 0.202. The Kier molecular flexibility index (Phi) is 6.15. The summed E-state index contributed by atoms with van der Waals surface area (Å²) >= 11 is 12.1. The average molecular weight is 434 g/mol. The largest absolute Gasteiger partial charge is 0.354 e. The predicted octanol–water partition coefficient (Wildman–Crippen LogP) is 3.54. The molecule has 1 aromatic heterocycles. The number of rotatable bonds is 5. The maximum absolute atomic E-state index is 13.2. The summed E-state index contributed by atoms with van der Waals surface area (Å²) in [5.41, 5.74) is 0.455. The molecule has 0 saturated carbocycles. The second kappa shape index (κ2) is 8.43. The zero-order valence-corrected chi connectivity index (χ0v) is 17.8. The van der Waals surface area contributed by atoms with E-state index in [-0.39, 0.29) is 29.1 Å². The fourth-order valence-electron chi connectivity index (χ4n) is 3.01. The molecular formula is C21H21Cl2N3O3. The van der Waals surface area contributed by atoms with E-state index in [1.165, 1.54) is 16.7 Å². The van der Waals surface area contributed by atoms with Crippen molar-refractivity contribution >= 4 is 40.0 Å². The Labute approximate surface area is 177 Å². The number of halogens is 2. The van der Waals surface area contributed by atoms with Crippen LogP contribution in [0.4, 0.5) is 0 Å². The third-order valence-electron chi connectivity index (χ3n) is 4.47. The van der Waals surface area contributed by atoms with Crippen LogP contribution >= 0.6 is 23.2 Å². The monoisotopic (exact) mass is 433 g/mol. The van der Waals surface area contributed by atoms with Crippen LogP contribution < -0.4 is 16.6 Å². The molecule has 0 unspecified atom stereocenters. The molecule has 2 aromatic carbocycles. The first-order chi connectivity index (χ1) is 13.7. The van der Waals surface area contributed by atoms with Gasteiger partial charge in [-0.3, -0.25) is 14.2 Å². The minimum atomic E-state index is -0.621. The third-order valence-corrected chi connectivity index (χ3v) is 5.21. The van der Waals surface area contributed by atoms with Gasteiger partial charge in [0.25, 0.3) is 5.56 Å². The molecule has 1 N–H and O–H groups in total. The fourth-order valence-corrected chi connectivity index (χ4v) is 3.30. The number of nitrogens with zero attached hydrogens (tertiary/aromatic N) is 2. The van der Waals surface area contributed by atoms with Gasteiger partial charge in [-0.25, -0.2) is 9.36 Å². The van der Waals surface area contributed by atoms with Gasteiger partial charge in [0.1, 0.15) is 6.54 Å². The van der Waals surface area contributed by atoms with E-state index in [1.54, 1.807) is 24.3 Å². The van der Waals surface area contributed by atoms with Crippen LogP contribution in [0.2, 0.25) is 10.0 Å². The summed E-state index contributed by atoms with van der Waals surface area (Å²) in [6.45, 7) is 6.11. The summed E-state index contributed by atoms with van der Waals surface area (Å²) < 4.78 is 2.31. The zero-order chi connectivity index (χ0) is 21.3. The number of aromatic nitrogens is 2. The Morgan fingerprint density at radius 3 is 2.45 bits per heavy atom. The van der Waals surface area contributed by atoms with Gasteiger partial charge in [-0.05, 0) is 43.2 Å². The zero-order valence-electron chi connectivity index (χ0n) is 16.3. The van der Waals surface area contributed by atoms with Crippen molar-refractivity contribution in [2.75, 3.05) is 6.54 Å². The fraction of sp³-hybridized carbons (Fsp3) is 0.286. The number of hydrogen-bond donors (Lipinski definition) is 1. The molecule has 0 aliphatic carbocycles. The number of aryl methyl sites for hydroxylation is 1. The lowest BCUT2D eigenvalue weighted by Crippen LogP contribution is -2.42. The maximum Gasteiger partial charge on any atom is 0.336 e. The highest BCUT2D eigenvalue weighted by atomic mass is 35.5. The van der Waals surface area contributed by atoms with E-state index in [0.29, 0.717) is 22.5 Å². The lowest BCUT2D eigenvalue weighted by Gasteiger charge is -2.15. The van der Waals surface area contributed by atoms with Crippen molar-refractivity contribution in [1.29, 1.82) is 0 Å². The van der Waals surface area contributed by atoms with Crippen molar-refractivity contribution in [2.45, 2.75) is 27.3 Å². The van der Waals surface area contributed by atoms with Crippen LogP contribution in [0.1, 0.15) is 19.4 Å². The molecule has 1 amide bonds. The Hall–Kier alpha value is -2.57. The van der Waals surface area contributed by atoms with Crippen LogP contribution in [0.5, 0.6) is 0 Å². The van der Waals surface area contributed by atoms with E-state index in [9.17, 15) is 14.4 Å². The number of amides is 1. The molecule has 0 saturated heterocycles. The summed E-state index contributed by atoms with van der Waals surface area (Å²) in [7, 11) is 0. The molecule has 29 heavy (non-hydrogen) atoms. The first-order valence-electron chi connectivity index (χ1n) is 9.17. The van der Waals surface area contributed by atoms with Crippen molar-refractivity contribution in [3.63, 3.8) is 0 Å². The van der Waals surface area contributed by atoms with E-state index in [4.69, 9.17) is 23.2 Å². The molecular weight excluding hydrogens is 413 g/mol. The lowest BCUT2D eigenvalue weighted by molar-refractivity contribution is -0.121. The maximum atomic E-state index is 13.2. The normalized spacial score (nSPS) is 11.2. The van der Waals surface area contributed by atoms with E-state index < -0.39 is 11.2 Å². The molecule has 0 spiro atoms. The molecule has 6 nitrogen and oxygen atoms in total. The highest BCUT2D eigenvalue weighted by Gasteiger charge is 2.17. The third kappa shape index (κ3) is 4.38. The molecule has 152 valence electrons. The lowest BCUT2D eigenvalue weighted by atomic mass is 10.1. The molecule has 0 aliphatic rings. The second-order valence-corrected chi connectivity index (χ2v) is 8.14. The van der Waals surface area contributed by atoms with Crippen molar-refractivity contribution in [2.24, 2.45) is 5.92 Å². The summed E-state index contributed by atoms with van der Waals surface area (Å²) in [5.74, 6) is -0.0257. The molecule has 0 bridgehead atoms. The van der Waals surface area contributed by atoms with E-state index in [1.807, 2.05) is 20.8 Å². The van der Waals surface area contributed by atoms with Crippen molar-refractivity contribution in [1.82, 2.24) is 14.5 Å². The van der Waals surface area contributed by atoms with Crippen LogP contribution in [0.3, 0.4) is 0 Å². The van der Waals surface area contributed by atoms with Crippen LogP contribution in [-0.4, -0.2) is 21.6 Å². The Bertz CT molecular complexity index is 1210. The van der Waals surface area contributed by atoms with Crippen molar-refractivity contribution in [3.05, 3.63) is 72.8 Å². The van der Waals surface area contributed by atoms with Gasteiger partial charge in [-0.15, -0.1) is 0 Å². The van der Waals surface area contributed by atoms with Gasteiger partial charge in [0.2, 0.25) is 5.91 Å². The predicted molar refractivity (Wildman–Crippen MR) is 116 cm³/mol. The number of carbonyl (C=O) groups is 1. The standard InChI is InChI=1S/C21H21Cl2N3O3/c1-12(2)10-24-19(27)11-25-18-7-4-13(3)8-15(18)20(28)26(21(25)29)14-5-6-16(22)17(23)9-14/h4-9,12H,10-11H2,1-3H3,(H,24,27). The molecule has 8 heteroatoms. The average Bonchev–Trinajstić information content (AvgIpc) is 2.66. The van der Waals surface area contributed by atoms with Crippen LogP contribution in [0, 0.1) is 12.8 Å². The topological polar surface area (TPSA) is 73.1 Å². The minimum Gasteiger partial charge on any atom is -0.354 e. The van der Waals surface area contributed by atoms with Crippen LogP contribution in [0.25, 0.3) is 16.6 Å². The number of carbonyl (C=O) groups excluding carboxylic acids is 1. The summed E-state index contributed by atoms with van der Waals surface area (Å²) in [5, 5.41) is 3.68. The van der Waals surface area contributed by atoms with Gasteiger partial charge in [0.15, 0.2) is 0 Å². The van der Waals surface area contributed by atoms with Gasteiger partial charge in [-0.2, -0.15) is 0 Å². The molecule has 0 fully saturated rings. The summed E-state index contributed by atoms with van der Waals surface area (Å²) in [6.07, 6.45) is 0. The van der Waals surface area contributed by atoms with E-state index in [2.05, 4.69) is 5.32 Å². The van der Waals surface area contributed by atoms with Gasteiger partial charge in [-0.1, -0.05) is 48.7 Å². The van der Waals surface area contributed by atoms with Gasteiger partial charge < -0.3 is 5.32 Å². The van der Waals surface area contributed by atoms with Crippen LogP contribution in [0.15, 0.2) is 46.0 Å². The second-order valence-electron chi connectivity index (χ2n) is 7.33. The molecule has 3 rings (SSSR count). The SMILES string of the molecule is Cc1ccc2c(c1)c(=O)n(-c1ccc(Cl)c(Cl)c1)c(=O)n2CC(=O)NCC(C)C.